The normalized spacial score (nSPS) is 12.9. The Morgan fingerprint density at radius 1 is 0.837 bits per heavy atom. The first kappa shape index (κ1) is 30.7. The van der Waals surface area contributed by atoms with Crippen molar-refractivity contribution in [2.75, 3.05) is 7.11 Å². The van der Waals surface area contributed by atoms with Crippen molar-refractivity contribution in [2.45, 2.75) is 31.3 Å². The maximum absolute atomic E-state index is 13.3. The summed E-state index contributed by atoms with van der Waals surface area (Å²) in [5, 5.41) is 61.9. The van der Waals surface area contributed by atoms with E-state index in [9.17, 15) is 35.4 Å². The van der Waals surface area contributed by atoms with Crippen LogP contribution in [0.4, 0.5) is 0 Å². The molecule has 0 aromatic heterocycles. The highest BCUT2D eigenvalue weighted by Gasteiger charge is 2.27. The number of methoxy groups -OCH3 is 1. The predicted octanol–water partition coefficient (Wildman–Crippen LogP) is 6.19. The quantitative estimate of drug-likeness (QED) is 0.0658. The molecule has 0 saturated heterocycles. The van der Waals surface area contributed by atoms with Crippen molar-refractivity contribution in [3.63, 3.8) is 0 Å². The van der Waals surface area contributed by atoms with Crippen molar-refractivity contribution in [1.82, 2.24) is 0 Å². The van der Waals surface area contributed by atoms with Gasteiger partial charge in [-0.15, -0.1) is 0 Å². The molecule has 4 aromatic carbocycles. The SMILES string of the molecule is COc1cc(O)c([C@H](C=CCC(O)CCc2ccc(O)cc2)c2ccc(O)cc2)c(O)c1C(=O)C=Cc1ccc(O)cc1. The van der Waals surface area contributed by atoms with Gasteiger partial charge >= 0.3 is 0 Å². The molecule has 0 spiro atoms. The van der Waals surface area contributed by atoms with E-state index in [1.165, 1.54) is 49.6 Å². The second kappa shape index (κ2) is 14.1. The fourth-order valence-electron chi connectivity index (χ4n) is 4.73. The second-order valence-electron chi connectivity index (χ2n) is 10.1. The third kappa shape index (κ3) is 7.96. The lowest BCUT2D eigenvalue weighted by molar-refractivity contribution is 0.104. The number of ether oxygens (including phenoxy) is 1. The van der Waals surface area contributed by atoms with E-state index >= 15 is 0 Å². The molecular weight excluding hydrogens is 548 g/mol. The number of aromatic hydroxyl groups is 5. The maximum Gasteiger partial charge on any atom is 0.193 e. The number of rotatable bonds is 12. The van der Waals surface area contributed by atoms with Gasteiger partial charge in [-0.3, -0.25) is 4.79 Å². The summed E-state index contributed by atoms with van der Waals surface area (Å²) < 4.78 is 5.33. The van der Waals surface area contributed by atoms with Crippen molar-refractivity contribution in [3.05, 3.63) is 125 Å². The Balaban J connectivity index is 1.64. The van der Waals surface area contributed by atoms with Gasteiger partial charge in [0.25, 0.3) is 0 Å². The lowest BCUT2D eigenvalue weighted by atomic mass is 9.86. The van der Waals surface area contributed by atoms with Crippen LogP contribution < -0.4 is 4.74 Å². The average Bonchev–Trinajstić information content (AvgIpc) is 2.99. The van der Waals surface area contributed by atoms with Crippen LogP contribution in [0.3, 0.4) is 0 Å². The zero-order valence-corrected chi connectivity index (χ0v) is 23.6. The zero-order valence-electron chi connectivity index (χ0n) is 23.6. The van der Waals surface area contributed by atoms with Crippen LogP contribution >= 0.6 is 0 Å². The number of carbonyl (C=O) groups is 1. The first-order valence-corrected chi connectivity index (χ1v) is 13.7. The minimum atomic E-state index is -0.747. The van der Waals surface area contributed by atoms with Crippen LogP contribution in [0.5, 0.6) is 34.5 Å². The van der Waals surface area contributed by atoms with E-state index in [-0.39, 0.29) is 46.3 Å². The Kier molecular flexibility index (Phi) is 10.1. The van der Waals surface area contributed by atoms with Gasteiger partial charge in [0.2, 0.25) is 0 Å². The molecule has 6 N–H and O–H groups in total. The number of aryl methyl sites for hydroxylation is 1. The summed E-state index contributed by atoms with van der Waals surface area (Å²) in [6.07, 6.45) is 6.96. The molecule has 0 amide bonds. The largest absolute Gasteiger partial charge is 0.508 e. The maximum atomic E-state index is 13.3. The Morgan fingerprint density at radius 3 is 2.02 bits per heavy atom. The van der Waals surface area contributed by atoms with Crippen LogP contribution in [0.15, 0.2) is 97.1 Å². The molecule has 0 radical (unpaired) electrons. The van der Waals surface area contributed by atoms with Crippen molar-refractivity contribution in [2.24, 2.45) is 0 Å². The molecule has 8 heteroatoms. The lowest BCUT2D eigenvalue weighted by Gasteiger charge is -2.20. The molecule has 0 aliphatic carbocycles. The minimum absolute atomic E-state index is 0.0165. The number of ketones is 1. The number of aliphatic hydroxyl groups is 1. The van der Waals surface area contributed by atoms with Gasteiger partial charge in [-0.25, -0.2) is 0 Å². The van der Waals surface area contributed by atoms with E-state index in [4.69, 9.17) is 4.74 Å². The number of phenolic OH excluding ortho intramolecular Hbond substituents is 5. The van der Waals surface area contributed by atoms with Gasteiger partial charge in [0.05, 0.1) is 13.2 Å². The molecule has 43 heavy (non-hydrogen) atoms. The Labute approximate surface area is 249 Å². The molecular formula is C35H34O8. The van der Waals surface area contributed by atoms with Crippen LogP contribution in [0.25, 0.3) is 6.08 Å². The number of allylic oxidation sites excluding steroid dienone is 2. The zero-order chi connectivity index (χ0) is 30.9. The van der Waals surface area contributed by atoms with E-state index in [0.717, 1.165) is 5.56 Å². The van der Waals surface area contributed by atoms with Crippen LogP contribution in [0.2, 0.25) is 0 Å². The van der Waals surface area contributed by atoms with E-state index < -0.39 is 23.6 Å². The first-order valence-electron chi connectivity index (χ1n) is 13.7. The van der Waals surface area contributed by atoms with Gasteiger partial charge in [0, 0.05) is 17.5 Å². The summed E-state index contributed by atoms with van der Waals surface area (Å²) in [4.78, 5) is 13.3. The first-order chi connectivity index (χ1) is 20.7. The molecule has 0 aliphatic rings. The summed E-state index contributed by atoms with van der Waals surface area (Å²) >= 11 is 0. The smallest absolute Gasteiger partial charge is 0.193 e. The molecule has 0 fully saturated rings. The molecule has 4 rings (SSSR count). The monoisotopic (exact) mass is 582 g/mol. The van der Waals surface area contributed by atoms with Gasteiger partial charge in [0.15, 0.2) is 5.78 Å². The van der Waals surface area contributed by atoms with Gasteiger partial charge in [-0.05, 0) is 78.4 Å². The number of carbonyl (C=O) groups excluding carboxylic acids is 1. The van der Waals surface area contributed by atoms with Crippen LogP contribution in [-0.2, 0) is 6.42 Å². The van der Waals surface area contributed by atoms with Crippen molar-refractivity contribution >= 4 is 11.9 Å². The van der Waals surface area contributed by atoms with E-state index in [1.807, 2.05) is 0 Å². The topological polar surface area (TPSA) is 148 Å². The number of hydrogen-bond acceptors (Lipinski definition) is 8. The van der Waals surface area contributed by atoms with Crippen LogP contribution in [0.1, 0.15) is 51.4 Å². The third-order valence-electron chi connectivity index (χ3n) is 7.07. The van der Waals surface area contributed by atoms with Crippen molar-refractivity contribution in [3.8, 4) is 34.5 Å². The second-order valence-corrected chi connectivity index (χ2v) is 10.1. The highest BCUT2D eigenvalue weighted by atomic mass is 16.5. The van der Waals surface area contributed by atoms with E-state index in [1.54, 1.807) is 60.7 Å². The number of aliphatic hydroxyl groups excluding tert-OH is 1. The van der Waals surface area contributed by atoms with E-state index in [0.29, 0.717) is 24.0 Å². The standard InChI is InChI=1S/C35H34O8/c1-43-32-21-31(41)33(35(42)34(32)30(40)20-10-23-8-16-27(38)17-9-23)29(24-11-18-28(39)19-12-24)4-2-3-25(36)13-5-22-6-14-26(37)15-7-22/h2,4,6-12,14-21,25,29,36-39,41-42H,3,5,13H2,1H3/t25?,29-/m1/s1. The van der Waals surface area contributed by atoms with Gasteiger partial charge in [0.1, 0.15) is 40.1 Å². The Hall–Kier alpha value is -5.21. The highest BCUT2D eigenvalue weighted by molar-refractivity contribution is 6.11. The summed E-state index contributed by atoms with van der Waals surface area (Å²) in [5.41, 5.74) is 2.16. The molecule has 4 aromatic rings. The lowest BCUT2D eigenvalue weighted by Crippen LogP contribution is -2.08. The van der Waals surface area contributed by atoms with Crippen molar-refractivity contribution < 1.29 is 40.2 Å². The molecule has 222 valence electrons. The fraction of sp³-hybridized carbons (Fsp3) is 0.171. The Morgan fingerprint density at radius 2 is 1.42 bits per heavy atom. The summed E-state index contributed by atoms with van der Waals surface area (Å²) in [6.45, 7) is 0. The minimum Gasteiger partial charge on any atom is -0.508 e. The highest BCUT2D eigenvalue weighted by Crippen LogP contribution is 2.45. The van der Waals surface area contributed by atoms with E-state index in [2.05, 4.69) is 0 Å². The number of benzene rings is 4. The molecule has 0 aliphatic heterocycles. The molecule has 0 heterocycles. The van der Waals surface area contributed by atoms with Gasteiger partial charge in [-0.1, -0.05) is 54.6 Å². The number of hydrogen-bond donors (Lipinski definition) is 6. The van der Waals surface area contributed by atoms with Crippen LogP contribution in [0, 0.1) is 0 Å². The van der Waals surface area contributed by atoms with Gasteiger partial charge < -0.3 is 35.4 Å². The molecule has 0 bridgehead atoms. The van der Waals surface area contributed by atoms with Gasteiger partial charge in [-0.2, -0.15) is 0 Å². The summed E-state index contributed by atoms with van der Waals surface area (Å²) in [5.74, 6) is -1.80. The average molecular weight is 583 g/mol. The number of phenols is 5. The predicted molar refractivity (Wildman–Crippen MR) is 164 cm³/mol. The third-order valence-corrected chi connectivity index (χ3v) is 7.07. The molecule has 1 unspecified atom stereocenters. The van der Waals surface area contributed by atoms with Crippen molar-refractivity contribution in [1.29, 1.82) is 0 Å². The Bertz CT molecular complexity index is 1590. The molecule has 2 atom stereocenters. The fourth-order valence-corrected chi connectivity index (χ4v) is 4.73. The summed E-state index contributed by atoms with van der Waals surface area (Å²) in [7, 11) is 1.32. The molecule has 8 nitrogen and oxygen atoms in total. The van der Waals surface area contributed by atoms with Crippen LogP contribution in [-0.4, -0.2) is 49.6 Å². The summed E-state index contributed by atoms with van der Waals surface area (Å²) in [6, 6.07) is 20.5. The molecule has 0 saturated carbocycles.